The van der Waals surface area contributed by atoms with E-state index in [1.807, 2.05) is 0 Å². The smallest absolute Gasteiger partial charge is 0.191 e. The molecule has 1 fully saturated rings. The van der Waals surface area contributed by atoms with E-state index < -0.39 is 0 Å². The van der Waals surface area contributed by atoms with Crippen molar-refractivity contribution in [3.63, 3.8) is 0 Å². The highest BCUT2D eigenvalue weighted by molar-refractivity contribution is 5.79. The number of nitrogens with zero attached hydrogens (tertiary/aromatic N) is 2. The van der Waals surface area contributed by atoms with E-state index in [1.54, 1.807) is 0 Å². The number of unbranched alkanes of at least 4 members (excludes halogenated alkanes) is 1. The maximum Gasteiger partial charge on any atom is 0.191 e. The van der Waals surface area contributed by atoms with Gasteiger partial charge in [-0.3, -0.25) is 4.99 Å². The molecule has 0 aromatic heterocycles. The molecule has 1 aliphatic heterocycles. The Balaban J connectivity index is 2.05. The first kappa shape index (κ1) is 23.2. The maximum atomic E-state index is 5.58. The third-order valence-electron chi connectivity index (χ3n) is 4.50. The Kier molecular flexibility index (Phi) is 15.7. The summed E-state index contributed by atoms with van der Waals surface area (Å²) in [5, 5.41) is 6.64. The molecule has 0 aliphatic carbocycles. The van der Waals surface area contributed by atoms with Crippen molar-refractivity contribution in [2.24, 2.45) is 4.99 Å². The predicted molar refractivity (Wildman–Crippen MR) is 110 cm³/mol. The van der Waals surface area contributed by atoms with Crippen LogP contribution in [0.3, 0.4) is 0 Å². The lowest BCUT2D eigenvalue weighted by atomic mass is 10.2. The highest BCUT2D eigenvalue weighted by atomic mass is 16.5. The molecule has 6 heteroatoms. The molecule has 1 heterocycles. The molecule has 0 saturated carbocycles. The highest BCUT2D eigenvalue weighted by Gasteiger charge is 2.07. The van der Waals surface area contributed by atoms with Gasteiger partial charge in [0.05, 0.1) is 19.8 Å². The number of hydrogen-bond acceptors (Lipinski definition) is 4. The van der Waals surface area contributed by atoms with Crippen molar-refractivity contribution in [3.8, 4) is 0 Å². The Morgan fingerprint density at radius 2 is 1.62 bits per heavy atom. The Hall–Kier alpha value is -0.850. The van der Waals surface area contributed by atoms with Gasteiger partial charge in [-0.15, -0.1) is 0 Å². The monoisotopic (exact) mass is 370 g/mol. The average molecular weight is 371 g/mol. The van der Waals surface area contributed by atoms with Gasteiger partial charge in [0.15, 0.2) is 5.96 Å². The molecule has 6 nitrogen and oxygen atoms in total. The second-order valence-corrected chi connectivity index (χ2v) is 6.88. The van der Waals surface area contributed by atoms with Crippen molar-refractivity contribution >= 4 is 5.96 Å². The molecule has 1 rings (SSSR count). The molecule has 0 atom stereocenters. The van der Waals surface area contributed by atoms with Crippen molar-refractivity contribution < 1.29 is 9.47 Å². The number of guanidine groups is 1. The topological polar surface area (TPSA) is 58.1 Å². The zero-order valence-electron chi connectivity index (χ0n) is 17.2. The Labute approximate surface area is 161 Å². The standard InChI is InChI=1S/C20H42N4O2/c1-3-5-16-25-18-19-26-17-12-23-20(21-4-2)22-11-10-15-24-13-8-6-7-9-14-24/h3-19H2,1-2H3,(H2,21,22,23). The summed E-state index contributed by atoms with van der Waals surface area (Å²) in [7, 11) is 0. The Morgan fingerprint density at radius 3 is 2.31 bits per heavy atom. The van der Waals surface area contributed by atoms with Crippen LogP contribution in [0.4, 0.5) is 0 Å². The van der Waals surface area contributed by atoms with Gasteiger partial charge >= 0.3 is 0 Å². The van der Waals surface area contributed by atoms with E-state index in [9.17, 15) is 0 Å². The molecule has 0 amide bonds. The molecule has 0 aromatic rings. The van der Waals surface area contributed by atoms with Crippen molar-refractivity contribution in [1.82, 2.24) is 15.5 Å². The van der Waals surface area contributed by atoms with Gasteiger partial charge in [-0.2, -0.15) is 0 Å². The van der Waals surface area contributed by atoms with Crippen molar-refractivity contribution in [3.05, 3.63) is 0 Å². The number of aliphatic imine (C=N–C) groups is 1. The zero-order valence-corrected chi connectivity index (χ0v) is 17.2. The summed E-state index contributed by atoms with van der Waals surface area (Å²) < 4.78 is 11.1. The molecule has 0 aromatic carbocycles. The minimum atomic E-state index is 0.662. The van der Waals surface area contributed by atoms with Gasteiger partial charge in [0.2, 0.25) is 0 Å². The molecule has 1 saturated heterocycles. The fraction of sp³-hybridized carbons (Fsp3) is 0.950. The summed E-state index contributed by atoms with van der Waals surface area (Å²) in [6.45, 7) is 13.4. The molecule has 154 valence electrons. The van der Waals surface area contributed by atoms with Crippen molar-refractivity contribution in [2.45, 2.75) is 58.8 Å². The second-order valence-electron chi connectivity index (χ2n) is 6.88. The predicted octanol–water partition coefficient (Wildman–Crippen LogP) is 2.64. The largest absolute Gasteiger partial charge is 0.379 e. The van der Waals surface area contributed by atoms with Gasteiger partial charge in [0.25, 0.3) is 0 Å². The quantitative estimate of drug-likeness (QED) is 0.280. The van der Waals surface area contributed by atoms with Crippen LogP contribution < -0.4 is 10.6 Å². The first-order valence-electron chi connectivity index (χ1n) is 10.8. The lowest BCUT2D eigenvalue weighted by molar-refractivity contribution is 0.0487. The molecule has 0 unspecified atom stereocenters. The molecule has 26 heavy (non-hydrogen) atoms. The summed E-state index contributed by atoms with van der Waals surface area (Å²) in [5.74, 6) is 0.895. The van der Waals surface area contributed by atoms with E-state index in [0.717, 1.165) is 45.0 Å². The van der Waals surface area contributed by atoms with Crippen molar-refractivity contribution in [1.29, 1.82) is 0 Å². The number of ether oxygens (including phenoxy) is 2. The van der Waals surface area contributed by atoms with Crippen LogP contribution >= 0.6 is 0 Å². The molecule has 2 N–H and O–H groups in total. The third kappa shape index (κ3) is 13.4. The Bertz CT molecular complexity index is 332. The lowest BCUT2D eigenvalue weighted by Crippen LogP contribution is -2.39. The SMILES string of the molecule is CCCCOCCOCCNC(=NCCCN1CCCCCC1)NCC. The minimum absolute atomic E-state index is 0.662. The van der Waals surface area contributed by atoms with E-state index in [4.69, 9.17) is 9.47 Å². The molecule has 0 radical (unpaired) electrons. The minimum Gasteiger partial charge on any atom is -0.379 e. The van der Waals surface area contributed by atoms with E-state index >= 15 is 0 Å². The number of nitrogens with one attached hydrogen (secondary N) is 2. The summed E-state index contributed by atoms with van der Waals surface area (Å²) in [6.07, 6.45) is 8.94. The second kappa shape index (κ2) is 17.6. The van der Waals surface area contributed by atoms with Crippen LogP contribution in [0.5, 0.6) is 0 Å². The van der Waals surface area contributed by atoms with Gasteiger partial charge in [-0.05, 0) is 52.2 Å². The van der Waals surface area contributed by atoms with Crippen LogP contribution in [0.1, 0.15) is 58.8 Å². The van der Waals surface area contributed by atoms with Crippen molar-refractivity contribution in [2.75, 3.05) is 65.7 Å². The molecular formula is C20H42N4O2. The van der Waals surface area contributed by atoms with Crippen LogP contribution in [0, 0.1) is 0 Å². The molecular weight excluding hydrogens is 328 g/mol. The van der Waals surface area contributed by atoms with Gasteiger partial charge in [0, 0.05) is 26.2 Å². The zero-order chi connectivity index (χ0) is 18.7. The number of likely N-dealkylation sites (tertiary alicyclic amines) is 1. The third-order valence-corrected chi connectivity index (χ3v) is 4.50. The maximum absolute atomic E-state index is 5.58. The normalized spacial score (nSPS) is 16.5. The number of rotatable bonds is 14. The summed E-state index contributed by atoms with van der Waals surface area (Å²) >= 11 is 0. The Morgan fingerprint density at radius 1 is 0.885 bits per heavy atom. The van der Waals surface area contributed by atoms with E-state index in [-0.39, 0.29) is 0 Å². The van der Waals surface area contributed by atoms with Crippen LogP contribution in [0.15, 0.2) is 4.99 Å². The average Bonchev–Trinajstić information content (AvgIpc) is 2.92. The van der Waals surface area contributed by atoms with Crippen LogP contribution in [-0.4, -0.2) is 76.6 Å². The van der Waals surface area contributed by atoms with Gasteiger partial charge in [-0.1, -0.05) is 26.2 Å². The fourth-order valence-electron chi connectivity index (χ4n) is 3.00. The first-order chi connectivity index (χ1) is 12.9. The van der Waals surface area contributed by atoms with Gasteiger partial charge in [-0.25, -0.2) is 0 Å². The van der Waals surface area contributed by atoms with E-state index in [1.165, 1.54) is 51.7 Å². The van der Waals surface area contributed by atoms with E-state index in [0.29, 0.717) is 19.8 Å². The molecule has 1 aliphatic rings. The van der Waals surface area contributed by atoms with Gasteiger partial charge in [0.1, 0.15) is 0 Å². The van der Waals surface area contributed by atoms with Crippen LogP contribution in [0.2, 0.25) is 0 Å². The van der Waals surface area contributed by atoms with E-state index in [2.05, 4.69) is 34.4 Å². The number of hydrogen-bond donors (Lipinski definition) is 2. The summed E-state index contributed by atoms with van der Waals surface area (Å²) in [5.41, 5.74) is 0. The summed E-state index contributed by atoms with van der Waals surface area (Å²) in [4.78, 5) is 7.27. The lowest BCUT2D eigenvalue weighted by Gasteiger charge is -2.19. The van der Waals surface area contributed by atoms with Crippen LogP contribution in [-0.2, 0) is 9.47 Å². The van der Waals surface area contributed by atoms with Crippen LogP contribution in [0.25, 0.3) is 0 Å². The first-order valence-corrected chi connectivity index (χ1v) is 10.8. The van der Waals surface area contributed by atoms with Gasteiger partial charge < -0.3 is 25.0 Å². The molecule has 0 spiro atoms. The highest BCUT2D eigenvalue weighted by Crippen LogP contribution is 2.09. The summed E-state index contributed by atoms with van der Waals surface area (Å²) in [6, 6.07) is 0. The fourth-order valence-corrected chi connectivity index (χ4v) is 3.00. The molecule has 0 bridgehead atoms.